The van der Waals surface area contributed by atoms with Crippen molar-refractivity contribution in [1.82, 2.24) is 29.6 Å². The van der Waals surface area contributed by atoms with E-state index < -0.39 is 0 Å². The molecule has 1 aliphatic heterocycles. The number of aromatic nitrogens is 5. The highest BCUT2D eigenvalue weighted by Gasteiger charge is 2.24. The molecule has 1 saturated heterocycles. The molecule has 3 N–H and O–H groups in total. The second-order valence-corrected chi connectivity index (χ2v) is 8.86. The first-order valence-electron chi connectivity index (χ1n) is 12.0. The Morgan fingerprint density at radius 2 is 1.84 bits per heavy atom. The van der Waals surface area contributed by atoms with Crippen molar-refractivity contribution < 1.29 is 9.50 Å². The van der Waals surface area contributed by atoms with Gasteiger partial charge in [-0.2, -0.15) is 5.10 Å². The van der Waals surface area contributed by atoms with Crippen LogP contribution in [0.4, 0.5) is 10.3 Å². The molecule has 0 bridgehead atoms. The second-order valence-electron chi connectivity index (χ2n) is 8.86. The average Bonchev–Trinajstić information content (AvgIpc) is 3.59. The molecule has 0 unspecified atom stereocenters. The quantitative estimate of drug-likeness (QED) is 0.264. The SMILES string of the molecule is Cn1cc(-c2c[nH]c(C(=NC=N)N3CCN(c4ncc([C@H](CO)c5ccc(F)cc5)cn4)CC3)c2)cn1. The lowest BCUT2D eigenvalue weighted by Crippen LogP contribution is -2.49. The molecule has 1 fully saturated rings. The van der Waals surface area contributed by atoms with Crippen LogP contribution in [0.25, 0.3) is 11.1 Å². The fraction of sp³-hybridized carbons (Fsp3) is 0.269. The minimum atomic E-state index is -0.316. The molecule has 3 aromatic heterocycles. The Morgan fingerprint density at radius 1 is 1.11 bits per heavy atom. The number of halogens is 1. The number of piperazine rings is 1. The van der Waals surface area contributed by atoms with E-state index in [-0.39, 0.29) is 18.3 Å². The fourth-order valence-electron chi connectivity index (χ4n) is 4.53. The highest BCUT2D eigenvalue weighted by Crippen LogP contribution is 2.25. The third kappa shape index (κ3) is 5.26. The first kappa shape index (κ1) is 24.3. The summed E-state index contributed by atoms with van der Waals surface area (Å²) < 4.78 is 15.0. The van der Waals surface area contributed by atoms with Crippen molar-refractivity contribution in [3.05, 3.63) is 84.0 Å². The van der Waals surface area contributed by atoms with Crippen LogP contribution in [0, 0.1) is 11.2 Å². The second kappa shape index (κ2) is 10.7. The minimum Gasteiger partial charge on any atom is -0.395 e. The van der Waals surface area contributed by atoms with Crippen molar-refractivity contribution in [2.75, 3.05) is 37.7 Å². The molecule has 1 aromatic carbocycles. The number of amidine groups is 1. The normalized spacial score (nSPS) is 15.2. The Balaban J connectivity index is 1.25. The van der Waals surface area contributed by atoms with Gasteiger partial charge >= 0.3 is 0 Å². The molecule has 0 radical (unpaired) electrons. The predicted octanol–water partition coefficient (Wildman–Crippen LogP) is 2.64. The number of rotatable bonds is 7. The molecule has 1 aliphatic rings. The van der Waals surface area contributed by atoms with E-state index in [4.69, 9.17) is 5.41 Å². The molecule has 11 heteroatoms. The molecular formula is C26H28FN9O. The molecule has 0 saturated carbocycles. The molecule has 0 spiro atoms. The standard InChI is InChI=1S/C26H28FN9O/c1-34-15-21(14-33-34)19-10-24(29-11-19)25(32-17-28)35-6-8-36(9-7-35)26-30-12-20(13-31-26)23(16-37)18-2-4-22(27)5-3-18/h2-5,10-15,17,23,28-29,37H,6-9,16H2,1H3/t23-/m1/s1. The molecule has 190 valence electrons. The molecule has 1 atom stereocenters. The van der Waals surface area contributed by atoms with Gasteiger partial charge in [-0.05, 0) is 29.3 Å². The third-order valence-corrected chi connectivity index (χ3v) is 6.53. The summed E-state index contributed by atoms with van der Waals surface area (Å²) in [6.07, 6.45) is 10.2. The Bertz CT molecular complexity index is 1370. The molecule has 4 aromatic rings. The van der Waals surface area contributed by atoms with Gasteiger partial charge in [-0.1, -0.05) is 12.1 Å². The van der Waals surface area contributed by atoms with E-state index in [0.717, 1.165) is 34.3 Å². The zero-order valence-corrected chi connectivity index (χ0v) is 20.4. The van der Waals surface area contributed by atoms with Crippen LogP contribution >= 0.6 is 0 Å². The number of aliphatic hydroxyl groups excluding tert-OH is 1. The Labute approximate surface area is 213 Å². The van der Waals surface area contributed by atoms with Crippen LogP contribution in [0.15, 0.2) is 66.3 Å². The van der Waals surface area contributed by atoms with Crippen LogP contribution < -0.4 is 4.90 Å². The van der Waals surface area contributed by atoms with Crippen LogP contribution in [0.1, 0.15) is 22.7 Å². The van der Waals surface area contributed by atoms with Gasteiger partial charge in [0, 0.05) is 75.1 Å². The first-order chi connectivity index (χ1) is 18.1. The summed E-state index contributed by atoms with van der Waals surface area (Å²) in [4.78, 5) is 21.0. The van der Waals surface area contributed by atoms with Crippen LogP contribution in [0.5, 0.6) is 0 Å². The number of aryl methyl sites for hydroxylation is 1. The van der Waals surface area contributed by atoms with E-state index in [1.807, 2.05) is 31.7 Å². The molecule has 10 nitrogen and oxygen atoms in total. The van der Waals surface area contributed by atoms with Crippen LogP contribution in [0.3, 0.4) is 0 Å². The third-order valence-electron chi connectivity index (χ3n) is 6.53. The summed E-state index contributed by atoms with van der Waals surface area (Å²) in [5.74, 6) is 0.698. The maximum Gasteiger partial charge on any atom is 0.225 e. The number of H-pyrrole nitrogens is 1. The zero-order valence-electron chi connectivity index (χ0n) is 20.4. The number of anilines is 1. The number of nitrogens with zero attached hydrogens (tertiary/aromatic N) is 7. The summed E-state index contributed by atoms with van der Waals surface area (Å²) in [5.41, 5.74) is 4.44. The summed E-state index contributed by atoms with van der Waals surface area (Å²) in [6.45, 7) is 2.63. The smallest absolute Gasteiger partial charge is 0.225 e. The Kier molecular flexibility index (Phi) is 7.04. The molecular weight excluding hydrogens is 473 g/mol. The van der Waals surface area contributed by atoms with Gasteiger partial charge in [-0.3, -0.25) is 10.1 Å². The monoisotopic (exact) mass is 501 g/mol. The number of aromatic amines is 1. The largest absolute Gasteiger partial charge is 0.395 e. The van der Waals surface area contributed by atoms with Gasteiger partial charge in [-0.15, -0.1) is 0 Å². The maximum atomic E-state index is 13.3. The lowest BCUT2D eigenvalue weighted by molar-refractivity contribution is 0.280. The molecule has 0 amide bonds. The van der Waals surface area contributed by atoms with Crippen LogP contribution in [-0.4, -0.2) is 79.7 Å². The minimum absolute atomic E-state index is 0.122. The first-order valence-corrected chi connectivity index (χ1v) is 12.0. The Hall–Kier alpha value is -4.38. The topological polar surface area (TPSA) is 122 Å². The highest BCUT2D eigenvalue weighted by molar-refractivity contribution is 6.01. The van der Waals surface area contributed by atoms with Gasteiger partial charge in [0.1, 0.15) is 12.2 Å². The molecule has 37 heavy (non-hydrogen) atoms. The van der Waals surface area contributed by atoms with E-state index in [2.05, 4.69) is 34.8 Å². The van der Waals surface area contributed by atoms with Crippen molar-refractivity contribution in [3.8, 4) is 11.1 Å². The number of hydrogen-bond donors (Lipinski definition) is 3. The van der Waals surface area contributed by atoms with Crippen molar-refractivity contribution in [1.29, 1.82) is 5.41 Å². The van der Waals surface area contributed by atoms with Crippen LogP contribution in [0.2, 0.25) is 0 Å². The van der Waals surface area contributed by atoms with Crippen LogP contribution in [-0.2, 0) is 7.05 Å². The summed E-state index contributed by atoms with van der Waals surface area (Å²) in [5, 5.41) is 21.7. The van der Waals surface area contributed by atoms with Crippen molar-refractivity contribution >= 4 is 18.1 Å². The van der Waals surface area contributed by atoms with E-state index >= 15 is 0 Å². The van der Waals surface area contributed by atoms with E-state index in [1.165, 1.54) is 12.1 Å². The highest BCUT2D eigenvalue weighted by atomic mass is 19.1. The number of benzene rings is 1. The summed E-state index contributed by atoms with van der Waals surface area (Å²) >= 11 is 0. The lowest BCUT2D eigenvalue weighted by atomic mass is 9.94. The van der Waals surface area contributed by atoms with Gasteiger partial charge in [-0.25, -0.2) is 19.4 Å². The average molecular weight is 502 g/mol. The summed E-state index contributed by atoms with van der Waals surface area (Å²) in [6, 6.07) is 8.12. The van der Waals surface area contributed by atoms with Gasteiger partial charge in [0.2, 0.25) is 5.95 Å². The number of hydrogen-bond acceptors (Lipinski definition) is 6. The van der Waals surface area contributed by atoms with Gasteiger partial charge < -0.3 is 19.9 Å². The number of aliphatic imine (C=N–C) groups is 1. The van der Waals surface area contributed by atoms with Gasteiger partial charge in [0.25, 0.3) is 0 Å². The zero-order chi connectivity index (χ0) is 25.8. The number of aliphatic hydroxyl groups is 1. The molecule has 0 aliphatic carbocycles. The number of nitrogens with one attached hydrogen (secondary N) is 2. The molecule has 5 rings (SSSR count). The molecule has 4 heterocycles. The fourth-order valence-corrected chi connectivity index (χ4v) is 4.53. The van der Waals surface area contributed by atoms with Gasteiger partial charge in [0.15, 0.2) is 5.84 Å². The van der Waals surface area contributed by atoms with E-state index in [1.54, 1.807) is 29.2 Å². The van der Waals surface area contributed by atoms with E-state index in [0.29, 0.717) is 38.0 Å². The Morgan fingerprint density at radius 3 is 2.46 bits per heavy atom. The van der Waals surface area contributed by atoms with Gasteiger partial charge in [0.05, 0.1) is 18.5 Å². The van der Waals surface area contributed by atoms with Crippen molar-refractivity contribution in [2.45, 2.75) is 5.92 Å². The summed E-state index contributed by atoms with van der Waals surface area (Å²) in [7, 11) is 1.88. The lowest BCUT2D eigenvalue weighted by Gasteiger charge is -2.36. The van der Waals surface area contributed by atoms with Crippen molar-refractivity contribution in [2.24, 2.45) is 12.0 Å². The van der Waals surface area contributed by atoms with E-state index in [9.17, 15) is 9.50 Å². The maximum absolute atomic E-state index is 13.3. The predicted molar refractivity (Wildman–Crippen MR) is 139 cm³/mol. The van der Waals surface area contributed by atoms with Crippen molar-refractivity contribution in [3.63, 3.8) is 0 Å².